The van der Waals surface area contributed by atoms with Gasteiger partial charge in [0, 0.05) is 5.56 Å². The predicted octanol–water partition coefficient (Wildman–Crippen LogP) is 6.52. The van der Waals surface area contributed by atoms with Crippen LogP contribution in [0.3, 0.4) is 0 Å². The zero-order valence-electron chi connectivity index (χ0n) is 12.6. The van der Waals surface area contributed by atoms with Crippen LogP contribution in [0.15, 0.2) is 30.3 Å². The second kappa shape index (κ2) is 6.34. The van der Waals surface area contributed by atoms with Crippen molar-refractivity contribution in [2.45, 2.75) is 41.7 Å². The second-order valence-electron chi connectivity index (χ2n) is 5.31. The average Bonchev–Trinajstić information content (AvgIpc) is 2.53. The van der Waals surface area contributed by atoms with Gasteiger partial charge in [0.05, 0.1) is 0 Å². The van der Waals surface area contributed by atoms with Gasteiger partial charge in [0.15, 0.2) is 0 Å². The predicted molar refractivity (Wildman–Crippen MR) is 61.1 cm³/mol. The van der Waals surface area contributed by atoms with Crippen LogP contribution in [0.4, 0.5) is 65.9 Å². The van der Waals surface area contributed by atoms with E-state index in [1.807, 2.05) is 0 Å². The molecule has 1 rings (SSSR count). The van der Waals surface area contributed by atoms with Crippen molar-refractivity contribution in [2.24, 2.45) is 0 Å². The molecule has 0 amide bonds. The van der Waals surface area contributed by atoms with Crippen LogP contribution in [-0.4, -0.2) is 35.8 Å². The number of halogens is 15. The van der Waals surface area contributed by atoms with Gasteiger partial charge in [0.2, 0.25) is 0 Å². The standard InChI is InChI=1S/C13H5F15/c14-7(15,6-4-2-1-3-5-6)8(16,17)9(18,19)10(20,21)11(22,23)12(24,25)13(26,27)28/h1-5H. The topological polar surface area (TPSA) is 0 Å². The smallest absolute Gasteiger partial charge is 0.194 e. The first-order valence-corrected chi connectivity index (χ1v) is 6.50. The van der Waals surface area contributed by atoms with E-state index in [-0.39, 0.29) is 12.1 Å². The van der Waals surface area contributed by atoms with Crippen molar-refractivity contribution in [3.8, 4) is 0 Å². The first kappa shape index (κ1) is 24.2. The van der Waals surface area contributed by atoms with Gasteiger partial charge in [-0.05, 0) is 0 Å². The molecule has 0 nitrogen and oxygen atoms in total. The SMILES string of the molecule is FC(F)(F)C(F)(F)C(F)(F)C(F)(F)C(F)(F)C(F)(F)C(F)(F)c1ccccc1. The maximum Gasteiger partial charge on any atom is 0.460 e. The first-order chi connectivity index (χ1) is 12.1. The Balaban J connectivity index is 3.62. The lowest BCUT2D eigenvalue weighted by Crippen LogP contribution is -2.72. The highest BCUT2D eigenvalue weighted by atomic mass is 19.4. The average molecular weight is 446 g/mol. The van der Waals surface area contributed by atoms with Crippen LogP contribution in [0.1, 0.15) is 5.56 Å². The molecule has 0 aromatic heterocycles. The number of benzene rings is 1. The van der Waals surface area contributed by atoms with E-state index < -0.39 is 47.3 Å². The summed E-state index contributed by atoms with van der Waals surface area (Å²) in [6.45, 7) is 0. The fraction of sp³-hybridized carbons (Fsp3) is 0.538. The van der Waals surface area contributed by atoms with E-state index >= 15 is 0 Å². The molecule has 1 aromatic carbocycles. The number of hydrogen-bond donors (Lipinski definition) is 0. The molecule has 0 radical (unpaired) electrons. The second-order valence-corrected chi connectivity index (χ2v) is 5.31. The van der Waals surface area contributed by atoms with Crippen LogP contribution in [0.25, 0.3) is 0 Å². The van der Waals surface area contributed by atoms with Crippen LogP contribution in [0.2, 0.25) is 0 Å². The molecule has 0 unspecified atom stereocenters. The fourth-order valence-corrected chi connectivity index (χ4v) is 1.80. The third-order valence-corrected chi connectivity index (χ3v) is 3.46. The number of alkyl halides is 15. The van der Waals surface area contributed by atoms with E-state index in [4.69, 9.17) is 0 Å². The minimum atomic E-state index is -8.26. The summed E-state index contributed by atoms with van der Waals surface area (Å²) in [5, 5.41) is 0. The van der Waals surface area contributed by atoms with E-state index in [1.165, 1.54) is 0 Å². The lowest BCUT2D eigenvalue weighted by molar-refractivity contribution is -0.453. The van der Waals surface area contributed by atoms with E-state index in [0.717, 1.165) is 6.07 Å². The van der Waals surface area contributed by atoms with Crippen LogP contribution in [-0.2, 0) is 5.92 Å². The summed E-state index contributed by atoms with van der Waals surface area (Å²) in [4.78, 5) is 0. The van der Waals surface area contributed by atoms with Crippen LogP contribution < -0.4 is 0 Å². The Kier molecular flexibility index (Phi) is 5.48. The van der Waals surface area contributed by atoms with Crippen molar-refractivity contribution in [1.82, 2.24) is 0 Å². The maximum absolute atomic E-state index is 13.7. The van der Waals surface area contributed by atoms with Gasteiger partial charge in [-0.2, -0.15) is 65.9 Å². The van der Waals surface area contributed by atoms with Crippen molar-refractivity contribution in [2.75, 3.05) is 0 Å². The molecule has 0 aliphatic heterocycles. The van der Waals surface area contributed by atoms with Gasteiger partial charge in [-0.1, -0.05) is 30.3 Å². The quantitative estimate of drug-likeness (QED) is 0.437. The van der Waals surface area contributed by atoms with Gasteiger partial charge in [0.1, 0.15) is 0 Å². The molecule has 162 valence electrons. The molecular weight excluding hydrogens is 441 g/mol. The summed E-state index contributed by atoms with van der Waals surface area (Å²) < 4.78 is 195. The van der Waals surface area contributed by atoms with Gasteiger partial charge in [0.25, 0.3) is 0 Å². The molecule has 0 fully saturated rings. The molecule has 1 aromatic rings. The van der Waals surface area contributed by atoms with Gasteiger partial charge in [-0.3, -0.25) is 0 Å². The molecule has 0 N–H and O–H groups in total. The Morgan fingerprint density at radius 1 is 0.393 bits per heavy atom. The maximum atomic E-state index is 13.7. The molecule has 0 atom stereocenters. The molecule has 0 bridgehead atoms. The summed E-state index contributed by atoms with van der Waals surface area (Å²) in [7, 11) is 0. The zero-order valence-corrected chi connectivity index (χ0v) is 12.6. The summed E-state index contributed by atoms with van der Waals surface area (Å²) in [5.41, 5.74) is -2.12. The Bertz CT molecular complexity index is 686. The number of rotatable bonds is 6. The third-order valence-electron chi connectivity index (χ3n) is 3.46. The van der Waals surface area contributed by atoms with Gasteiger partial charge < -0.3 is 0 Å². The van der Waals surface area contributed by atoms with Crippen molar-refractivity contribution in [3.63, 3.8) is 0 Å². The first-order valence-electron chi connectivity index (χ1n) is 6.50. The van der Waals surface area contributed by atoms with Crippen molar-refractivity contribution in [1.29, 1.82) is 0 Å². The zero-order chi connectivity index (χ0) is 22.6. The summed E-state index contributed by atoms with van der Waals surface area (Å²) >= 11 is 0. The summed E-state index contributed by atoms with van der Waals surface area (Å²) in [6.07, 6.45) is -7.60. The summed E-state index contributed by atoms with van der Waals surface area (Å²) in [5.74, 6) is -46.4. The molecule has 0 aliphatic carbocycles. The molecule has 0 spiro atoms. The van der Waals surface area contributed by atoms with Gasteiger partial charge >= 0.3 is 41.7 Å². The highest BCUT2D eigenvalue weighted by Gasteiger charge is 2.93. The summed E-state index contributed by atoms with van der Waals surface area (Å²) in [6, 6.07) is 1.85. The van der Waals surface area contributed by atoms with E-state index in [2.05, 4.69) is 0 Å². The van der Waals surface area contributed by atoms with Crippen LogP contribution in [0, 0.1) is 0 Å². The normalized spacial score (nSPS) is 15.7. The Labute approximate surface area is 144 Å². The van der Waals surface area contributed by atoms with E-state index in [1.54, 1.807) is 0 Å². The van der Waals surface area contributed by atoms with Crippen LogP contribution in [0.5, 0.6) is 0 Å². The minimum Gasteiger partial charge on any atom is -0.194 e. The minimum absolute atomic E-state index is 0.0232. The Morgan fingerprint density at radius 3 is 1.07 bits per heavy atom. The van der Waals surface area contributed by atoms with Crippen LogP contribution >= 0.6 is 0 Å². The molecule has 0 saturated carbocycles. The largest absolute Gasteiger partial charge is 0.460 e. The van der Waals surface area contributed by atoms with Gasteiger partial charge in [-0.25, -0.2) is 0 Å². The molecule has 15 heteroatoms. The number of hydrogen-bond acceptors (Lipinski definition) is 0. The fourth-order valence-electron chi connectivity index (χ4n) is 1.80. The van der Waals surface area contributed by atoms with Crippen molar-refractivity contribution >= 4 is 0 Å². The van der Waals surface area contributed by atoms with Crippen molar-refractivity contribution in [3.05, 3.63) is 35.9 Å². The monoisotopic (exact) mass is 446 g/mol. The molecule has 0 saturated heterocycles. The van der Waals surface area contributed by atoms with Crippen molar-refractivity contribution < 1.29 is 65.9 Å². The molecule has 0 heterocycles. The highest BCUT2D eigenvalue weighted by molar-refractivity contribution is 5.25. The van der Waals surface area contributed by atoms with E-state index in [9.17, 15) is 65.9 Å². The van der Waals surface area contributed by atoms with Gasteiger partial charge in [-0.15, -0.1) is 0 Å². The van der Waals surface area contributed by atoms with E-state index in [0.29, 0.717) is 12.1 Å². The Morgan fingerprint density at radius 2 is 0.714 bits per heavy atom. The third kappa shape index (κ3) is 2.96. The molecule has 28 heavy (non-hydrogen) atoms. The molecule has 0 aliphatic rings. The lowest BCUT2D eigenvalue weighted by atomic mass is 9.89. The highest BCUT2D eigenvalue weighted by Crippen LogP contribution is 2.63. The lowest BCUT2D eigenvalue weighted by Gasteiger charge is -2.41. The Hall–Kier alpha value is -1.83. The molecular formula is C13H5F15.